The molecule has 18 heteroatoms. The van der Waals surface area contributed by atoms with Crippen LogP contribution in [0.15, 0.2) is 65.1 Å². The largest absolute Gasteiger partial charge is 0.344 e. The van der Waals surface area contributed by atoms with E-state index in [1.807, 2.05) is 0 Å². The number of carbonyl (C=O) groups excluding carboxylic acids is 5. The molecule has 0 unspecified atom stereocenters. The zero-order chi connectivity index (χ0) is 35.3. The quantitative estimate of drug-likeness (QED) is 0.0372. The van der Waals surface area contributed by atoms with Crippen LogP contribution >= 0.6 is 15.9 Å². The van der Waals surface area contributed by atoms with E-state index in [0.29, 0.717) is 28.5 Å². The van der Waals surface area contributed by atoms with E-state index in [2.05, 4.69) is 48.8 Å². The van der Waals surface area contributed by atoms with Crippen molar-refractivity contribution in [1.29, 1.82) is 0 Å². The molecule has 4 heterocycles. The Morgan fingerprint density at radius 2 is 1.19 bits per heavy atom. The molecule has 0 bridgehead atoms. The summed E-state index contributed by atoms with van der Waals surface area (Å²) in [6, 6.07) is 6.32. The van der Waals surface area contributed by atoms with Gasteiger partial charge in [0.2, 0.25) is 0 Å². The van der Waals surface area contributed by atoms with Crippen molar-refractivity contribution in [3.8, 4) is 0 Å². The Morgan fingerprint density at radius 1 is 0.729 bits per heavy atom. The molecule has 0 saturated heterocycles. The Kier molecular flexibility index (Phi) is 11.2. The molecule has 0 aliphatic carbocycles. The normalized spacial score (nSPS) is 10.9. The van der Waals surface area contributed by atoms with Crippen LogP contribution in [0.2, 0.25) is 0 Å². The number of anilines is 3. The van der Waals surface area contributed by atoms with Gasteiger partial charge in [0.15, 0.2) is 0 Å². The summed E-state index contributed by atoms with van der Waals surface area (Å²) in [7, 11) is 6.75. The fourth-order valence-corrected chi connectivity index (χ4v) is 6.78. The van der Waals surface area contributed by atoms with Gasteiger partial charge >= 0.3 is 219 Å². The Hall–Kier alpha value is -5.28. The average Bonchev–Trinajstić information content (AvgIpc) is 3.76. The van der Waals surface area contributed by atoms with Crippen molar-refractivity contribution in [3.05, 3.63) is 82.9 Å². The molecular weight excluding hydrogens is 749 g/mol. The molecule has 16 nitrogen and oxygen atoms in total. The molecule has 8 N–H and O–H groups in total. The number of rotatable bonds is 13. The van der Waals surface area contributed by atoms with Crippen molar-refractivity contribution < 1.29 is 24.0 Å². The summed E-state index contributed by atoms with van der Waals surface area (Å²) in [5.74, 6) is -1.71. The first-order valence-electron chi connectivity index (χ1n) is 14.2. The van der Waals surface area contributed by atoms with Crippen LogP contribution in [-0.2, 0) is 33.0 Å². The third-order valence-corrected chi connectivity index (χ3v) is 9.19. The van der Waals surface area contributed by atoms with E-state index in [1.165, 1.54) is 12.1 Å². The van der Waals surface area contributed by atoms with Gasteiger partial charge in [-0.3, -0.25) is 4.79 Å². The molecular formula is C30H34AsBrN11O5. The Balaban J connectivity index is 1.37. The Morgan fingerprint density at radius 3 is 1.71 bits per heavy atom. The number of carbonyl (C=O) groups is 5. The number of halogens is 1. The van der Waals surface area contributed by atoms with E-state index in [0.717, 1.165) is 4.35 Å². The second-order valence-electron chi connectivity index (χ2n) is 10.6. The summed E-state index contributed by atoms with van der Waals surface area (Å²) in [5, 5.41) is 10.9. The summed E-state index contributed by atoms with van der Waals surface area (Å²) < 4.78 is 7.17. The van der Waals surface area contributed by atoms with Crippen molar-refractivity contribution in [2.75, 3.05) is 29.0 Å². The van der Waals surface area contributed by atoms with Gasteiger partial charge < -0.3 is 9.88 Å². The van der Waals surface area contributed by atoms with E-state index in [1.54, 1.807) is 83.4 Å². The van der Waals surface area contributed by atoms with Gasteiger partial charge in [-0.05, 0) is 22.0 Å². The third-order valence-electron chi connectivity index (χ3n) is 6.86. The van der Waals surface area contributed by atoms with Crippen LogP contribution in [0.4, 0.5) is 17.1 Å². The number of aliphatic imine (C=N–C) groups is 1. The molecule has 4 aromatic rings. The van der Waals surface area contributed by atoms with Gasteiger partial charge in [-0.25, -0.2) is 0 Å². The van der Waals surface area contributed by atoms with Gasteiger partial charge in [0, 0.05) is 13.2 Å². The maximum absolute atomic E-state index is 13.2. The topological polar surface area (TPSA) is 218 Å². The minimum absolute atomic E-state index is 0.0575. The first-order valence-corrected chi connectivity index (χ1v) is 16.8. The number of hydrogen-bond donors (Lipinski definition) is 6. The fraction of sp³-hybridized carbons (Fsp3) is 0.200. The van der Waals surface area contributed by atoms with Gasteiger partial charge in [-0.2, -0.15) is 0 Å². The molecule has 4 rings (SSSR count). The molecule has 4 amide bonds. The van der Waals surface area contributed by atoms with Crippen LogP contribution in [0.1, 0.15) is 42.0 Å². The van der Waals surface area contributed by atoms with Gasteiger partial charge in [0.05, 0.1) is 10.2 Å². The zero-order valence-electron chi connectivity index (χ0n) is 26.5. The van der Waals surface area contributed by atoms with Crippen LogP contribution in [0.25, 0.3) is 0 Å². The fourth-order valence-electron chi connectivity index (χ4n) is 4.61. The van der Waals surface area contributed by atoms with Gasteiger partial charge in [-0.15, -0.1) is 0 Å². The molecule has 0 aliphatic heterocycles. The van der Waals surface area contributed by atoms with Gasteiger partial charge in [0.25, 0.3) is 5.91 Å². The molecule has 251 valence electrons. The smallest absolute Gasteiger partial charge is 0.0276 e. The average molecular weight is 783 g/mol. The minimum atomic E-state index is -0.993. The second kappa shape index (κ2) is 15.1. The summed E-state index contributed by atoms with van der Waals surface area (Å²) in [4.78, 5) is 67.7. The van der Waals surface area contributed by atoms with Gasteiger partial charge in [-0.1, -0.05) is 6.58 Å². The number of aryl methyl sites for hydroxylation is 4. The van der Waals surface area contributed by atoms with Crippen molar-refractivity contribution in [2.45, 2.75) is 0 Å². The third kappa shape index (κ3) is 8.74. The summed E-state index contributed by atoms with van der Waals surface area (Å²) >= 11 is 2.02. The summed E-state index contributed by atoms with van der Waals surface area (Å²) in [6.07, 6.45) is 6.56. The van der Waals surface area contributed by atoms with Crippen molar-refractivity contribution in [2.24, 2.45) is 44.7 Å². The van der Waals surface area contributed by atoms with E-state index in [4.69, 9.17) is 11.5 Å². The summed E-state index contributed by atoms with van der Waals surface area (Å²) in [5.41, 5.74) is 13.1. The molecule has 0 atom stereocenters. The predicted octanol–water partition coefficient (Wildman–Crippen LogP) is 0.565. The number of nitrogens with zero attached hydrogens (tertiary/aromatic N) is 5. The monoisotopic (exact) mass is 782 g/mol. The molecule has 0 spiro atoms. The molecule has 1 radical (unpaired) electrons. The van der Waals surface area contributed by atoms with Crippen molar-refractivity contribution in [3.63, 3.8) is 0 Å². The first-order chi connectivity index (χ1) is 22.6. The van der Waals surface area contributed by atoms with Crippen LogP contribution < -0.4 is 37.1 Å². The SMILES string of the molecule is C=C(Br)C(=O)Nc1cc(C(=O)Nc2cc(C(=O)Nc3cc(C(=O)[As]c4cc(C(=O)NCCN=C(N)N)n(C)c4)n(C)c3)n(C)c2)n(C)c1. The van der Waals surface area contributed by atoms with E-state index in [9.17, 15) is 24.0 Å². The van der Waals surface area contributed by atoms with E-state index >= 15 is 0 Å². The number of nitrogens with one attached hydrogen (secondary N) is 4. The number of hydrogen-bond acceptors (Lipinski definition) is 6. The summed E-state index contributed by atoms with van der Waals surface area (Å²) in [6.45, 7) is 4.02. The number of nitrogens with two attached hydrogens (primary N) is 2. The Bertz CT molecular complexity index is 1960. The molecule has 4 aromatic heterocycles. The van der Waals surface area contributed by atoms with E-state index in [-0.39, 0.29) is 45.4 Å². The minimum Gasteiger partial charge on any atom is -0.344 e. The van der Waals surface area contributed by atoms with E-state index < -0.39 is 33.5 Å². The zero-order valence-corrected chi connectivity index (χ0v) is 30.0. The van der Waals surface area contributed by atoms with Crippen LogP contribution in [0.3, 0.4) is 0 Å². The second-order valence-corrected chi connectivity index (χ2v) is 14.0. The number of amides is 4. The van der Waals surface area contributed by atoms with Crippen molar-refractivity contribution >= 4 is 87.3 Å². The molecule has 0 aliphatic rings. The molecule has 0 fully saturated rings. The predicted molar refractivity (Wildman–Crippen MR) is 187 cm³/mol. The van der Waals surface area contributed by atoms with Crippen LogP contribution in [-0.4, -0.2) is 81.3 Å². The molecule has 0 saturated carbocycles. The first kappa shape index (κ1) is 35.6. The molecule has 48 heavy (non-hydrogen) atoms. The van der Waals surface area contributed by atoms with Gasteiger partial charge in [0.1, 0.15) is 0 Å². The Labute approximate surface area is 290 Å². The number of aromatic nitrogens is 4. The maximum atomic E-state index is 13.2. The van der Waals surface area contributed by atoms with Crippen LogP contribution in [0.5, 0.6) is 0 Å². The molecule has 0 aromatic carbocycles. The maximum Gasteiger partial charge on any atom is 0.0276 e. The number of guanidine groups is 1. The van der Waals surface area contributed by atoms with Crippen LogP contribution in [0, 0.1) is 0 Å². The standard InChI is InChI=1S/C30H34AsBrN11O5/c1-16(32)26(45)37-19-10-23(42(4)14-19)29(48)39-20-11-24(43(5)15-20)28(47)38-18-9-21(41(3)13-18)25(44)31-17-8-22(40(2)12-17)27(46)35-6-7-36-30(33)34/h8-15H,1,6-7H2,2-5H3,(H,35,46)(H,37,45)(H,38,47)(H,39,48)(H4,33,34,36). The van der Waals surface area contributed by atoms with Crippen molar-refractivity contribution in [1.82, 2.24) is 23.6 Å².